The zero-order chi connectivity index (χ0) is 12.8. The van der Waals surface area contributed by atoms with E-state index in [0.29, 0.717) is 12.0 Å². The second kappa shape index (κ2) is 4.22. The van der Waals surface area contributed by atoms with Crippen LogP contribution < -0.4 is 15.4 Å². The molecule has 5 nitrogen and oxygen atoms in total. The predicted molar refractivity (Wildman–Crippen MR) is 69.9 cm³/mol. The molecule has 0 aromatic heterocycles. The molecule has 3 N–H and O–H groups in total. The van der Waals surface area contributed by atoms with Gasteiger partial charge in [0.2, 0.25) is 10.0 Å². The highest BCUT2D eigenvalue weighted by Gasteiger charge is 2.38. The van der Waals surface area contributed by atoms with Crippen LogP contribution in [0.5, 0.6) is 0 Å². The average Bonchev–Trinajstić information content (AvgIpc) is 2.89. The summed E-state index contributed by atoms with van der Waals surface area (Å²) in [5.41, 5.74) is 0.746. The Morgan fingerprint density at radius 3 is 2.83 bits per heavy atom. The number of benzene rings is 1. The van der Waals surface area contributed by atoms with Crippen LogP contribution in [0.3, 0.4) is 0 Å². The van der Waals surface area contributed by atoms with Crippen LogP contribution in [-0.2, 0) is 10.0 Å². The van der Waals surface area contributed by atoms with Gasteiger partial charge >= 0.3 is 0 Å². The van der Waals surface area contributed by atoms with Gasteiger partial charge in [-0.1, -0.05) is 12.1 Å². The zero-order valence-corrected chi connectivity index (χ0v) is 10.9. The number of rotatable bonds is 2. The van der Waals surface area contributed by atoms with Gasteiger partial charge in [0.1, 0.15) is 4.90 Å². The molecule has 0 spiro atoms. The smallest absolute Gasteiger partial charge is 0.240 e. The van der Waals surface area contributed by atoms with Crippen molar-refractivity contribution in [2.75, 3.05) is 24.5 Å². The minimum absolute atomic E-state index is 0.234. The molecule has 98 valence electrons. The maximum absolute atomic E-state index is 11.6. The van der Waals surface area contributed by atoms with Crippen molar-refractivity contribution < 1.29 is 8.42 Å². The molecule has 2 saturated heterocycles. The molecule has 2 aliphatic rings. The molecule has 3 rings (SSSR count). The van der Waals surface area contributed by atoms with Crippen LogP contribution in [0.25, 0.3) is 0 Å². The molecule has 0 radical (unpaired) electrons. The first-order valence-electron chi connectivity index (χ1n) is 6.16. The van der Waals surface area contributed by atoms with Gasteiger partial charge in [-0.25, -0.2) is 13.6 Å². The van der Waals surface area contributed by atoms with E-state index in [2.05, 4.69) is 10.2 Å². The topological polar surface area (TPSA) is 75.4 Å². The molecule has 6 heteroatoms. The lowest BCUT2D eigenvalue weighted by Gasteiger charge is -2.27. The van der Waals surface area contributed by atoms with Crippen LogP contribution in [0.2, 0.25) is 0 Å². The quantitative estimate of drug-likeness (QED) is 0.799. The molecule has 2 atom stereocenters. The van der Waals surface area contributed by atoms with Crippen LogP contribution in [0.15, 0.2) is 29.2 Å². The van der Waals surface area contributed by atoms with Crippen molar-refractivity contribution in [1.29, 1.82) is 0 Å². The van der Waals surface area contributed by atoms with E-state index in [1.165, 1.54) is 0 Å². The molecule has 2 aliphatic heterocycles. The molecule has 1 aromatic rings. The summed E-state index contributed by atoms with van der Waals surface area (Å²) in [7, 11) is -3.66. The van der Waals surface area contributed by atoms with Crippen LogP contribution in [0.4, 0.5) is 5.69 Å². The van der Waals surface area contributed by atoms with Crippen LogP contribution in [0, 0.1) is 5.92 Å². The summed E-state index contributed by atoms with van der Waals surface area (Å²) in [5, 5.41) is 8.65. The molecular formula is C12H17N3O2S. The van der Waals surface area contributed by atoms with Gasteiger partial charge in [0.15, 0.2) is 0 Å². The minimum atomic E-state index is -3.66. The Balaban J connectivity index is 2.02. The van der Waals surface area contributed by atoms with Crippen molar-refractivity contribution in [3.8, 4) is 0 Å². The molecule has 18 heavy (non-hydrogen) atoms. The molecule has 0 aliphatic carbocycles. The van der Waals surface area contributed by atoms with Crippen molar-refractivity contribution in [2.45, 2.75) is 17.4 Å². The number of hydrogen-bond acceptors (Lipinski definition) is 4. The monoisotopic (exact) mass is 267 g/mol. The van der Waals surface area contributed by atoms with Crippen molar-refractivity contribution in [3.63, 3.8) is 0 Å². The SMILES string of the molecule is NS(=O)(=O)c1ccccc1N1CC[C@@H]2CNC[C@@H]21. The van der Waals surface area contributed by atoms with E-state index < -0.39 is 10.0 Å². The van der Waals surface area contributed by atoms with Crippen LogP contribution in [0.1, 0.15) is 6.42 Å². The summed E-state index contributed by atoms with van der Waals surface area (Å²) in [4.78, 5) is 2.42. The molecule has 0 saturated carbocycles. The Kier molecular flexibility index (Phi) is 2.80. The number of fused-ring (bicyclic) bond motifs is 1. The van der Waals surface area contributed by atoms with Gasteiger partial charge in [-0.05, 0) is 24.5 Å². The van der Waals surface area contributed by atoms with Gasteiger partial charge in [0.25, 0.3) is 0 Å². The number of hydrogen-bond donors (Lipinski definition) is 2. The fraction of sp³-hybridized carbons (Fsp3) is 0.500. The van der Waals surface area contributed by atoms with Gasteiger partial charge in [0.05, 0.1) is 5.69 Å². The highest BCUT2D eigenvalue weighted by molar-refractivity contribution is 7.89. The lowest BCUT2D eigenvalue weighted by atomic mass is 10.1. The predicted octanol–water partition coefficient (Wildman–Crippen LogP) is 0.132. The second-order valence-corrected chi connectivity index (χ2v) is 6.51. The summed E-state index contributed by atoms with van der Waals surface area (Å²) >= 11 is 0. The highest BCUT2D eigenvalue weighted by Crippen LogP contribution is 2.34. The number of primary sulfonamides is 1. The summed E-state index contributed by atoms with van der Waals surface area (Å²) in [6.45, 7) is 2.85. The number of nitrogens with one attached hydrogen (secondary N) is 1. The summed E-state index contributed by atoms with van der Waals surface area (Å²) in [6, 6.07) is 7.40. The third-order valence-electron chi connectivity index (χ3n) is 3.93. The van der Waals surface area contributed by atoms with E-state index in [4.69, 9.17) is 5.14 Å². The first-order chi connectivity index (χ1) is 8.57. The number of anilines is 1. The lowest BCUT2D eigenvalue weighted by Crippen LogP contribution is -2.35. The molecule has 2 fully saturated rings. The fourth-order valence-electron chi connectivity index (χ4n) is 3.08. The van der Waals surface area contributed by atoms with Crippen molar-refractivity contribution >= 4 is 15.7 Å². The molecule has 2 heterocycles. The van der Waals surface area contributed by atoms with E-state index in [-0.39, 0.29) is 4.90 Å². The van der Waals surface area contributed by atoms with Crippen molar-refractivity contribution in [1.82, 2.24) is 5.32 Å². The maximum Gasteiger partial charge on any atom is 0.240 e. The molecule has 0 unspecified atom stereocenters. The fourth-order valence-corrected chi connectivity index (χ4v) is 3.83. The Hall–Kier alpha value is -1.11. The van der Waals surface area contributed by atoms with Gasteiger partial charge in [-0.2, -0.15) is 0 Å². The molecule has 0 bridgehead atoms. The normalized spacial score (nSPS) is 27.5. The average molecular weight is 267 g/mol. The van der Waals surface area contributed by atoms with Crippen molar-refractivity contribution in [2.24, 2.45) is 11.1 Å². The number of para-hydroxylation sites is 1. The Morgan fingerprint density at radius 2 is 2.06 bits per heavy atom. The van der Waals surface area contributed by atoms with Crippen LogP contribution in [-0.4, -0.2) is 34.1 Å². The third kappa shape index (κ3) is 1.90. The van der Waals surface area contributed by atoms with E-state index in [0.717, 1.165) is 31.7 Å². The molecule has 1 aromatic carbocycles. The highest BCUT2D eigenvalue weighted by atomic mass is 32.2. The van der Waals surface area contributed by atoms with Crippen molar-refractivity contribution in [3.05, 3.63) is 24.3 Å². The number of nitrogens with two attached hydrogens (primary N) is 1. The van der Waals surface area contributed by atoms with Crippen LogP contribution >= 0.6 is 0 Å². The van der Waals surface area contributed by atoms with Gasteiger partial charge in [0, 0.05) is 25.7 Å². The Bertz CT molecular complexity index is 558. The van der Waals surface area contributed by atoms with Gasteiger partial charge in [-0.15, -0.1) is 0 Å². The molecular weight excluding hydrogens is 250 g/mol. The Morgan fingerprint density at radius 1 is 1.28 bits per heavy atom. The lowest BCUT2D eigenvalue weighted by molar-refractivity contribution is 0.576. The standard InChI is InChI=1S/C12H17N3O2S/c13-18(16,17)12-4-2-1-3-10(12)15-6-5-9-7-14-8-11(9)15/h1-4,9,11,14H,5-8H2,(H2,13,16,17)/t9-,11+/m1/s1. The first-order valence-corrected chi connectivity index (χ1v) is 7.71. The summed E-state index contributed by atoms with van der Waals surface area (Å²) in [6.07, 6.45) is 1.11. The number of nitrogens with zero attached hydrogens (tertiary/aromatic N) is 1. The number of sulfonamides is 1. The summed E-state index contributed by atoms with van der Waals surface area (Å²) < 4.78 is 23.3. The van der Waals surface area contributed by atoms with Gasteiger partial charge in [-0.3, -0.25) is 0 Å². The van der Waals surface area contributed by atoms with E-state index in [9.17, 15) is 8.42 Å². The van der Waals surface area contributed by atoms with E-state index >= 15 is 0 Å². The Labute approximate surface area is 107 Å². The second-order valence-electron chi connectivity index (χ2n) is 4.98. The first kappa shape index (κ1) is 12.0. The van der Waals surface area contributed by atoms with E-state index in [1.807, 2.05) is 12.1 Å². The zero-order valence-electron chi connectivity index (χ0n) is 10.0. The third-order valence-corrected chi connectivity index (χ3v) is 4.88. The minimum Gasteiger partial charge on any atom is -0.366 e. The van der Waals surface area contributed by atoms with E-state index in [1.54, 1.807) is 12.1 Å². The maximum atomic E-state index is 11.6. The molecule has 0 amide bonds. The largest absolute Gasteiger partial charge is 0.366 e. The summed E-state index contributed by atoms with van der Waals surface area (Å²) in [5.74, 6) is 0.624. The van der Waals surface area contributed by atoms with Gasteiger partial charge < -0.3 is 10.2 Å².